The molecule has 0 radical (unpaired) electrons. The van der Waals surface area contributed by atoms with Gasteiger partial charge in [0.05, 0.1) is 9.45 Å². The lowest BCUT2D eigenvalue weighted by molar-refractivity contribution is 0.102. The zero-order valence-corrected chi connectivity index (χ0v) is 12.8. The number of benzene rings is 1. The van der Waals surface area contributed by atoms with Gasteiger partial charge in [-0.3, -0.25) is 4.79 Å². The fourth-order valence-electron chi connectivity index (χ4n) is 1.11. The standard InChI is InChI=1S/C9H6Cl2I2O/c10-6-1-5(3-12)9(7(11)2-6)8(14)4-13/h1-2H,3-4H2. The minimum Gasteiger partial charge on any atom is -0.293 e. The zero-order valence-electron chi connectivity index (χ0n) is 6.99. The lowest BCUT2D eigenvalue weighted by Gasteiger charge is -2.07. The molecule has 1 nitrogen and oxygen atoms in total. The molecule has 0 N–H and O–H groups in total. The molecule has 0 aliphatic heterocycles. The Morgan fingerprint density at radius 3 is 2.43 bits per heavy atom. The first-order chi connectivity index (χ1) is 6.60. The Bertz CT molecular complexity index is 366. The SMILES string of the molecule is O=C(CI)c1c(Cl)cc(Cl)cc1CI. The maximum atomic E-state index is 11.6. The van der Waals surface area contributed by atoms with E-state index in [1.807, 2.05) is 22.6 Å². The van der Waals surface area contributed by atoms with E-state index in [4.69, 9.17) is 23.2 Å². The molecule has 0 saturated heterocycles. The van der Waals surface area contributed by atoms with Crippen molar-refractivity contribution in [3.63, 3.8) is 0 Å². The van der Waals surface area contributed by atoms with Crippen molar-refractivity contribution in [1.82, 2.24) is 0 Å². The number of alkyl halides is 2. The van der Waals surface area contributed by atoms with Gasteiger partial charge in [-0.2, -0.15) is 0 Å². The molecule has 1 aromatic carbocycles. The van der Waals surface area contributed by atoms with E-state index in [1.165, 1.54) is 0 Å². The van der Waals surface area contributed by atoms with Gasteiger partial charge in [0.2, 0.25) is 0 Å². The molecular formula is C9H6Cl2I2O. The number of carbonyl (C=O) groups excluding carboxylic acids is 1. The number of hydrogen-bond donors (Lipinski definition) is 0. The maximum Gasteiger partial charge on any atom is 0.174 e. The molecule has 14 heavy (non-hydrogen) atoms. The monoisotopic (exact) mass is 454 g/mol. The Labute approximate surface area is 120 Å². The highest BCUT2D eigenvalue weighted by Gasteiger charge is 2.14. The van der Waals surface area contributed by atoms with E-state index in [9.17, 15) is 4.79 Å². The molecule has 0 saturated carbocycles. The number of hydrogen-bond acceptors (Lipinski definition) is 1. The fraction of sp³-hybridized carbons (Fsp3) is 0.222. The van der Waals surface area contributed by atoms with Gasteiger partial charge in [0, 0.05) is 15.0 Å². The van der Waals surface area contributed by atoms with Gasteiger partial charge in [-0.1, -0.05) is 68.4 Å². The van der Waals surface area contributed by atoms with Crippen LogP contribution in [0.25, 0.3) is 0 Å². The van der Waals surface area contributed by atoms with Gasteiger partial charge in [-0.05, 0) is 17.7 Å². The number of Topliss-reactive ketones (excluding diaryl/α,β-unsaturated/α-hetero) is 1. The van der Waals surface area contributed by atoms with Crippen molar-refractivity contribution < 1.29 is 4.79 Å². The van der Waals surface area contributed by atoms with Crippen LogP contribution < -0.4 is 0 Å². The Morgan fingerprint density at radius 2 is 1.93 bits per heavy atom. The van der Waals surface area contributed by atoms with E-state index in [-0.39, 0.29) is 5.78 Å². The summed E-state index contributed by atoms with van der Waals surface area (Å²) in [4.78, 5) is 11.6. The molecule has 0 heterocycles. The van der Waals surface area contributed by atoms with Gasteiger partial charge in [0.15, 0.2) is 5.78 Å². The lowest BCUT2D eigenvalue weighted by Crippen LogP contribution is -2.05. The van der Waals surface area contributed by atoms with Crippen molar-refractivity contribution in [3.8, 4) is 0 Å². The summed E-state index contributed by atoms with van der Waals surface area (Å²) in [6, 6.07) is 3.40. The zero-order chi connectivity index (χ0) is 10.7. The summed E-state index contributed by atoms with van der Waals surface area (Å²) in [5.74, 6) is 0.0546. The van der Waals surface area contributed by atoms with Crippen LogP contribution in [0.3, 0.4) is 0 Å². The molecule has 76 valence electrons. The summed E-state index contributed by atoms with van der Waals surface area (Å²) in [6.07, 6.45) is 0. The smallest absolute Gasteiger partial charge is 0.174 e. The molecule has 0 bridgehead atoms. The summed E-state index contributed by atoms with van der Waals surface area (Å²) >= 11 is 16.0. The van der Waals surface area contributed by atoms with Crippen LogP contribution >= 0.6 is 68.4 Å². The van der Waals surface area contributed by atoms with E-state index in [1.54, 1.807) is 12.1 Å². The van der Waals surface area contributed by atoms with Gasteiger partial charge in [-0.25, -0.2) is 0 Å². The van der Waals surface area contributed by atoms with Crippen LogP contribution in [0.1, 0.15) is 15.9 Å². The molecule has 0 aliphatic carbocycles. The van der Waals surface area contributed by atoms with Gasteiger partial charge in [0.1, 0.15) is 0 Å². The molecule has 0 aromatic heterocycles. The average Bonchev–Trinajstić information content (AvgIpc) is 2.15. The van der Waals surface area contributed by atoms with Crippen molar-refractivity contribution in [3.05, 3.63) is 33.3 Å². The Balaban J connectivity index is 3.32. The molecule has 0 amide bonds. The van der Waals surface area contributed by atoms with Crippen LogP contribution in [-0.4, -0.2) is 10.2 Å². The molecule has 0 fully saturated rings. The number of carbonyl (C=O) groups is 1. The van der Waals surface area contributed by atoms with E-state index in [2.05, 4.69) is 22.6 Å². The first-order valence-corrected chi connectivity index (χ1v) is 7.54. The Morgan fingerprint density at radius 1 is 1.29 bits per heavy atom. The maximum absolute atomic E-state index is 11.6. The fourth-order valence-corrected chi connectivity index (χ4v) is 2.74. The molecule has 0 unspecified atom stereocenters. The van der Waals surface area contributed by atoms with Gasteiger partial charge in [0.25, 0.3) is 0 Å². The normalized spacial score (nSPS) is 10.3. The van der Waals surface area contributed by atoms with Gasteiger partial charge >= 0.3 is 0 Å². The topological polar surface area (TPSA) is 17.1 Å². The average molecular weight is 455 g/mol. The second-order valence-corrected chi connectivity index (χ2v) is 4.98. The van der Waals surface area contributed by atoms with E-state index in [0.29, 0.717) is 20.0 Å². The third-order valence-electron chi connectivity index (χ3n) is 1.68. The minimum atomic E-state index is 0.0546. The van der Waals surface area contributed by atoms with Crippen molar-refractivity contribution in [2.45, 2.75) is 4.43 Å². The molecule has 0 aliphatic rings. The molecule has 5 heteroatoms. The largest absolute Gasteiger partial charge is 0.293 e. The van der Waals surface area contributed by atoms with Crippen LogP contribution in [-0.2, 0) is 4.43 Å². The van der Waals surface area contributed by atoms with Crippen molar-refractivity contribution in [1.29, 1.82) is 0 Å². The quantitative estimate of drug-likeness (QED) is 0.372. The summed E-state index contributed by atoms with van der Waals surface area (Å²) < 4.78 is 1.17. The highest BCUT2D eigenvalue weighted by atomic mass is 127. The highest BCUT2D eigenvalue weighted by molar-refractivity contribution is 14.1. The second kappa shape index (κ2) is 5.86. The second-order valence-electron chi connectivity index (χ2n) is 2.61. The highest BCUT2D eigenvalue weighted by Crippen LogP contribution is 2.27. The van der Waals surface area contributed by atoms with Crippen LogP contribution in [0.4, 0.5) is 0 Å². The minimum absolute atomic E-state index is 0.0546. The van der Waals surface area contributed by atoms with E-state index < -0.39 is 0 Å². The predicted molar refractivity (Wildman–Crippen MR) is 77.4 cm³/mol. The summed E-state index contributed by atoms with van der Waals surface area (Å²) in [6.45, 7) is 0. The summed E-state index contributed by atoms with van der Waals surface area (Å²) in [5.41, 5.74) is 1.52. The molecule has 1 rings (SSSR count). The number of ketones is 1. The van der Waals surface area contributed by atoms with Crippen LogP contribution in [0.2, 0.25) is 10.0 Å². The third kappa shape index (κ3) is 2.96. The lowest BCUT2D eigenvalue weighted by atomic mass is 10.1. The molecular weight excluding hydrogens is 449 g/mol. The van der Waals surface area contributed by atoms with Crippen LogP contribution in [0.15, 0.2) is 12.1 Å². The first kappa shape index (κ1) is 13.0. The van der Waals surface area contributed by atoms with Gasteiger partial charge in [-0.15, -0.1) is 0 Å². The first-order valence-electron chi connectivity index (χ1n) is 3.73. The van der Waals surface area contributed by atoms with Crippen molar-refractivity contribution in [2.75, 3.05) is 4.43 Å². The van der Waals surface area contributed by atoms with Crippen molar-refractivity contribution in [2.24, 2.45) is 0 Å². The third-order valence-corrected chi connectivity index (χ3v) is 3.71. The van der Waals surface area contributed by atoms with Crippen LogP contribution in [0.5, 0.6) is 0 Å². The molecule has 1 aromatic rings. The van der Waals surface area contributed by atoms with E-state index in [0.717, 1.165) is 9.99 Å². The van der Waals surface area contributed by atoms with Crippen molar-refractivity contribution >= 4 is 74.2 Å². The number of halogens is 4. The Hall–Kier alpha value is 0.930. The summed E-state index contributed by atoms with van der Waals surface area (Å²) in [5, 5.41) is 1.03. The number of rotatable bonds is 3. The summed E-state index contributed by atoms with van der Waals surface area (Å²) in [7, 11) is 0. The molecule has 0 spiro atoms. The van der Waals surface area contributed by atoms with Gasteiger partial charge < -0.3 is 0 Å². The van der Waals surface area contributed by atoms with Crippen LogP contribution in [0, 0.1) is 0 Å². The molecule has 0 atom stereocenters. The predicted octanol–water partition coefficient (Wildman–Crippen LogP) is 4.55. The Kier molecular flexibility index (Phi) is 5.44. The van der Waals surface area contributed by atoms with E-state index >= 15 is 0 Å².